The molecule has 1 saturated heterocycles. The Labute approximate surface area is 237 Å². The Morgan fingerprint density at radius 2 is 1.73 bits per heavy atom. The van der Waals surface area contributed by atoms with Crippen molar-refractivity contribution in [3.05, 3.63) is 63.6 Å². The molecule has 1 amide bonds. The highest BCUT2D eigenvalue weighted by molar-refractivity contribution is 8.18. The van der Waals surface area contributed by atoms with E-state index in [-0.39, 0.29) is 23.5 Å². The number of rotatable bonds is 5. The number of benzene rings is 2. The predicted octanol–water partition coefficient (Wildman–Crippen LogP) is 7.79. The lowest BCUT2D eigenvalue weighted by Gasteiger charge is -2.41. The Kier molecular flexibility index (Phi) is 8.31. The summed E-state index contributed by atoms with van der Waals surface area (Å²) in [5.41, 5.74) is -2.67. The minimum atomic E-state index is -5.00. The standard InChI is InChI=1S/C29H28F6N2O3S/c1-39-24-12-17(13-25-26(38)36-27(41-25)37-11-10-18-4-2-3-5-19(18)15-37)6-9-23(24)40-16-20-7-8-21(28(30,31)32)14-22(20)29(33,34)35/h6-9,12-14,18-19H,2-5,10-11,15-16H2,1H3/b25-13+. The molecule has 2 atom stereocenters. The second-order valence-electron chi connectivity index (χ2n) is 10.4. The first kappa shape index (κ1) is 29.3. The first-order valence-corrected chi connectivity index (χ1v) is 14.1. The summed E-state index contributed by atoms with van der Waals surface area (Å²) in [5.74, 6) is 1.34. The number of alkyl halides is 6. The summed E-state index contributed by atoms with van der Waals surface area (Å²) >= 11 is 1.32. The second kappa shape index (κ2) is 11.6. The van der Waals surface area contributed by atoms with Gasteiger partial charge in [0.15, 0.2) is 16.7 Å². The minimum absolute atomic E-state index is 0.0786. The number of ether oxygens (including phenoxy) is 2. The lowest BCUT2D eigenvalue weighted by Crippen LogP contribution is -2.43. The van der Waals surface area contributed by atoms with E-state index in [1.807, 2.05) is 0 Å². The van der Waals surface area contributed by atoms with Gasteiger partial charge in [-0.05, 0) is 72.3 Å². The number of methoxy groups -OCH3 is 1. The molecule has 5 rings (SSSR count). The molecule has 0 N–H and O–H groups in total. The lowest BCUT2D eigenvalue weighted by atomic mass is 9.75. The highest BCUT2D eigenvalue weighted by atomic mass is 32.2. The van der Waals surface area contributed by atoms with Crippen LogP contribution in [0.5, 0.6) is 11.5 Å². The van der Waals surface area contributed by atoms with Crippen LogP contribution in [-0.2, 0) is 23.8 Å². The maximum Gasteiger partial charge on any atom is 0.416 e. The molecule has 2 fully saturated rings. The predicted molar refractivity (Wildman–Crippen MR) is 143 cm³/mol. The zero-order valence-corrected chi connectivity index (χ0v) is 23.0. The fourth-order valence-corrected chi connectivity index (χ4v) is 6.60. The highest BCUT2D eigenvalue weighted by Crippen LogP contribution is 2.41. The molecule has 3 aliphatic rings. The molecule has 1 aliphatic carbocycles. The van der Waals surface area contributed by atoms with Crippen molar-refractivity contribution in [3.8, 4) is 11.5 Å². The first-order valence-electron chi connectivity index (χ1n) is 13.3. The molecule has 2 aromatic rings. The Bertz CT molecular complexity index is 1370. The van der Waals surface area contributed by atoms with Gasteiger partial charge in [0.1, 0.15) is 6.61 Å². The third-order valence-corrected chi connectivity index (χ3v) is 8.83. The van der Waals surface area contributed by atoms with Gasteiger partial charge in [-0.25, -0.2) is 0 Å². The van der Waals surface area contributed by atoms with Crippen LogP contribution in [0.25, 0.3) is 6.08 Å². The summed E-state index contributed by atoms with van der Waals surface area (Å²) in [4.78, 5) is 19.6. The normalized spacial score (nSPS) is 22.5. The topological polar surface area (TPSA) is 51.1 Å². The van der Waals surface area contributed by atoms with E-state index in [2.05, 4.69) is 9.89 Å². The summed E-state index contributed by atoms with van der Waals surface area (Å²) in [6, 6.07) is 6.08. The number of piperidine rings is 1. The molecule has 41 heavy (non-hydrogen) atoms. The number of carbonyl (C=O) groups excluding carboxylic acids is 1. The summed E-state index contributed by atoms with van der Waals surface area (Å²) in [6.07, 6.45) is -2.12. The molecule has 220 valence electrons. The average molecular weight is 599 g/mol. The third-order valence-electron chi connectivity index (χ3n) is 7.78. The smallest absolute Gasteiger partial charge is 0.416 e. The number of amides is 1. The molecule has 2 aromatic carbocycles. The van der Waals surface area contributed by atoms with E-state index in [0.29, 0.717) is 27.6 Å². The van der Waals surface area contributed by atoms with E-state index >= 15 is 0 Å². The van der Waals surface area contributed by atoms with Gasteiger partial charge in [-0.2, -0.15) is 31.3 Å². The molecule has 0 spiro atoms. The third kappa shape index (κ3) is 6.68. The molecule has 0 aromatic heterocycles. The number of likely N-dealkylation sites (tertiary alicyclic amines) is 1. The summed E-state index contributed by atoms with van der Waals surface area (Å²) in [5, 5.41) is 0.703. The van der Waals surface area contributed by atoms with Crippen LogP contribution >= 0.6 is 11.8 Å². The average Bonchev–Trinajstić information content (AvgIpc) is 3.30. The van der Waals surface area contributed by atoms with Crippen LogP contribution < -0.4 is 9.47 Å². The quantitative estimate of drug-likeness (QED) is 0.260. The summed E-state index contributed by atoms with van der Waals surface area (Å²) < 4.78 is 90.2. The van der Waals surface area contributed by atoms with Crippen molar-refractivity contribution in [3.63, 3.8) is 0 Å². The lowest BCUT2D eigenvalue weighted by molar-refractivity contribution is -0.143. The van der Waals surface area contributed by atoms with Gasteiger partial charge >= 0.3 is 12.4 Å². The van der Waals surface area contributed by atoms with Gasteiger partial charge in [0.05, 0.1) is 23.1 Å². The van der Waals surface area contributed by atoms with Crippen LogP contribution in [0.15, 0.2) is 46.3 Å². The first-order chi connectivity index (χ1) is 19.4. The Morgan fingerprint density at radius 3 is 2.44 bits per heavy atom. The molecule has 2 unspecified atom stereocenters. The fraction of sp³-hybridized carbons (Fsp3) is 0.448. The van der Waals surface area contributed by atoms with Crippen LogP contribution in [0.3, 0.4) is 0 Å². The van der Waals surface area contributed by atoms with E-state index in [1.165, 1.54) is 50.6 Å². The molecule has 5 nitrogen and oxygen atoms in total. The number of halogens is 6. The minimum Gasteiger partial charge on any atom is -0.493 e. The van der Waals surface area contributed by atoms with E-state index in [4.69, 9.17) is 9.47 Å². The van der Waals surface area contributed by atoms with Crippen LogP contribution in [-0.4, -0.2) is 36.2 Å². The molecule has 1 saturated carbocycles. The monoisotopic (exact) mass is 598 g/mol. The van der Waals surface area contributed by atoms with Crippen molar-refractivity contribution in [2.75, 3.05) is 20.2 Å². The van der Waals surface area contributed by atoms with Gasteiger partial charge < -0.3 is 14.4 Å². The van der Waals surface area contributed by atoms with Crippen molar-refractivity contribution in [1.82, 2.24) is 4.90 Å². The summed E-state index contributed by atoms with van der Waals surface area (Å²) in [6.45, 7) is 1.15. The zero-order valence-electron chi connectivity index (χ0n) is 22.1. The number of nitrogens with zero attached hydrogens (tertiary/aromatic N) is 2. The highest BCUT2D eigenvalue weighted by Gasteiger charge is 2.38. The Morgan fingerprint density at radius 1 is 0.976 bits per heavy atom. The van der Waals surface area contributed by atoms with E-state index in [0.717, 1.165) is 31.5 Å². The van der Waals surface area contributed by atoms with Gasteiger partial charge in [0, 0.05) is 18.7 Å². The van der Waals surface area contributed by atoms with Crippen LogP contribution in [0.4, 0.5) is 26.3 Å². The largest absolute Gasteiger partial charge is 0.493 e. The maximum absolute atomic E-state index is 13.5. The van der Waals surface area contributed by atoms with E-state index < -0.39 is 35.6 Å². The van der Waals surface area contributed by atoms with Crippen molar-refractivity contribution >= 4 is 28.9 Å². The summed E-state index contributed by atoms with van der Waals surface area (Å²) in [7, 11) is 1.35. The van der Waals surface area contributed by atoms with Gasteiger partial charge in [-0.15, -0.1) is 0 Å². The number of amidine groups is 1. The number of carbonyl (C=O) groups is 1. The van der Waals surface area contributed by atoms with Crippen molar-refractivity contribution < 1.29 is 40.6 Å². The number of hydrogen-bond acceptors (Lipinski definition) is 5. The fourth-order valence-electron chi connectivity index (χ4n) is 5.65. The molecule has 12 heteroatoms. The Hall–Kier alpha value is -3.15. The number of aliphatic imine (C=N–C) groups is 1. The van der Waals surface area contributed by atoms with Crippen molar-refractivity contribution in [1.29, 1.82) is 0 Å². The molecular weight excluding hydrogens is 570 g/mol. The molecule has 0 bridgehead atoms. The van der Waals surface area contributed by atoms with Gasteiger partial charge in [0.2, 0.25) is 0 Å². The maximum atomic E-state index is 13.5. The van der Waals surface area contributed by atoms with Gasteiger partial charge in [0.25, 0.3) is 5.91 Å². The molecule has 0 radical (unpaired) electrons. The van der Waals surface area contributed by atoms with Gasteiger partial charge in [-0.3, -0.25) is 4.79 Å². The van der Waals surface area contributed by atoms with Crippen LogP contribution in [0.2, 0.25) is 0 Å². The van der Waals surface area contributed by atoms with E-state index in [1.54, 1.807) is 18.2 Å². The Balaban J connectivity index is 1.28. The second-order valence-corrected chi connectivity index (χ2v) is 11.4. The SMILES string of the molecule is COc1cc(/C=C2/SC(N3CCC4CCCCC4C3)=NC2=O)ccc1OCc1ccc(C(F)(F)F)cc1C(F)(F)F. The molecular formula is C29H28F6N2O3S. The van der Waals surface area contributed by atoms with Gasteiger partial charge in [-0.1, -0.05) is 31.4 Å². The van der Waals surface area contributed by atoms with E-state index in [9.17, 15) is 31.1 Å². The number of hydrogen-bond donors (Lipinski definition) is 0. The molecule has 2 aliphatic heterocycles. The van der Waals surface area contributed by atoms with Crippen molar-refractivity contribution in [2.24, 2.45) is 16.8 Å². The van der Waals surface area contributed by atoms with Crippen LogP contribution in [0.1, 0.15) is 54.4 Å². The number of thioether (sulfide) groups is 1. The number of fused-ring (bicyclic) bond motifs is 1. The zero-order chi connectivity index (χ0) is 29.4. The van der Waals surface area contributed by atoms with Crippen LogP contribution in [0, 0.1) is 11.8 Å². The molecule has 2 heterocycles. The van der Waals surface area contributed by atoms with Crippen molar-refractivity contribution in [2.45, 2.75) is 51.1 Å².